The number of amides is 1. The fourth-order valence-corrected chi connectivity index (χ4v) is 9.29. The van der Waals surface area contributed by atoms with Crippen molar-refractivity contribution in [2.24, 2.45) is 62.5 Å². The maximum Gasteiger partial charge on any atom is 0.419 e. The molecule has 0 aliphatic rings. The molecule has 0 unspecified atom stereocenters. The zero-order valence-electron chi connectivity index (χ0n) is 63.5. The summed E-state index contributed by atoms with van der Waals surface area (Å²) in [5.41, 5.74) is 34.5. The molecule has 614 valence electrons. The number of hydrazone groups is 8. The van der Waals surface area contributed by atoms with Crippen LogP contribution in [0.15, 0.2) is 184 Å². The number of allylic oxidation sites excluding steroid dienone is 2. The first-order valence-electron chi connectivity index (χ1n) is 30.1. The Morgan fingerprint density at radius 1 is 0.495 bits per heavy atom. The van der Waals surface area contributed by atoms with Crippen molar-refractivity contribution in [1.29, 1.82) is 0 Å². The van der Waals surface area contributed by atoms with Crippen molar-refractivity contribution in [2.75, 3.05) is 76.7 Å². The summed E-state index contributed by atoms with van der Waals surface area (Å²) in [6.45, 7) is 16.1. The van der Waals surface area contributed by atoms with Crippen LogP contribution in [0.4, 0.5) is 4.79 Å². The number of ketones is 1. The van der Waals surface area contributed by atoms with Crippen LogP contribution >= 0.6 is 27.2 Å². The molecule has 50 heteroatoms. The number of nitrogens with one attached hydrogen (secondary N) is 10. The Morgan fingerprint density at radius 2 is 0.844 bits per heavy atom. The summed E-state index contributed by atoms with van der Waals surface area (Å²) in [6.07, 6.45) is 0.770. The number of azo groups is 1. The number of aliphatic hydroxyl groups excluding tert-OH is 1. The van der Waals surface area contributed by atoms with Crippen LogP contribution in [-0.2, 0) is 52.7 Å². The van der Waals surface area contributed by atoms with Crippen LogP contribution in [0.25, 0.3) is 0 Å². The summed E-state index contributed by atoms with van der Waals surface area (Å²) in [6, 6.07) is 36.4. The molecule has 0 aliphatic heterocycles. The SMILES string of the molecule is CN=NC(C(C)=O)=C(C)O.CNN=C(C(=O)Oc1ccccc1)C(=O)Oc1ccccc1.CNN=C(C)OC(C)(C)C.CNN=C(C)OSC.CNN=C(C)Oc1ccccc1.CNN=C(C)c1ccccc1.CNN=C(N)N.CNN=C(P(=O)(O)O)P(=O)(O)O.CNN=C(S(=O)(=O)O)S(=O)(=O)O.CNNC(=O)O. The number of rotatable bonds is 20. The van der Waals surface area contributed by atoms with E-state index in [0.29, 0.717) is 29.2 Å². The number of nitrogens with two attached hydrogens (primary N) is 2. The molecule has 0 saturated heterocycles. The second-order valence-electron chi connectivity index (χ2n) is 19.3. The molecule has 0 aromatic heterocycles. The number of benzene rings is 4. The summed E-state index contributed by atoms with van der Waals surface area (Å²) < 4.78 is 102. The monoisotopic (exact) mass is 1640 g/mol. The van der Waals surface area contributed by atoms with Crippen LogP contribution in [0.1, 0.15) is 67.9 Å². The minimum atomic E-state index is -5.04. The van der Waals surface area contributed by atoms with Gasteiger partial charge in [-0.3, -0.25) is 28.5 Å². The number of nitrogens with zero attached hydrogens (tertiary/aromatic N) is 10. The topological polar surface area (TPSA) is 675 Å². The average molecular weight is 1650 g/mol. The number of hydrogen-bond acceptors (Lipinski definition) is 36. The fourth-order valence-electron chi connectivity index (χ4n) is 5.72. The molecule has 0 fully saturated rings. The highest BCUT2D eigenvalue weighted by atomic mass is 32.3. The molecule has 0 heterocycles. The van der Waals surface area contributed by atoms with Crippen LogP contribution in [0.2, 0.25) is 0 Å². The van der Waals surface area contributed by atoms with Crippen LogP contribution in [0, 0.1) is 0 Å². The van der Waals surface area contributed by atoms with E-state index < -0.39 is 68.7 Å². The number of carboxylic acid groups (broad SMARTS) is 1. The van der Waals surface area contributed by atoms with Gasteiger partial charge in [0.25, 0.3) is 10.9 Å². The van der Waals surface area contributed by atoms with Crippen molar-refractivity contribution in [3.05, 3.63) is 138 Å². The first-order chi connectivity index (χ1) is 50.7. The number of para-hydroxylation sites is 3. The fraction of sp³-hybridized carbons (Fsp3) is 0.356. The van der Waals surface area contributed by atoms with Gasteiger partial charge in [0.15, 0.2) is 11.5 Å². The Bertz CT molecular complexity index is 3790. The van der Waals surface area contributed by atoms with Crippen molar-refractivity contribution < 1.29 is 107 Å². The van der Waals surface area contributed by atoms with E-state index in [1.807, 2.05) is 112 Å². The van der Waals surface area contributed by atoms with Crippen molar-refractivity contribution in [3.8, 4) is 17.2 Å². The van der Waals surface area contributed by atoms with Gasteiger partial charge >= 0.3 is 57.8 Å². The smallest absolute Gasteiger partial charge is 0.419 e. The second kappa shape index (κ2) is 63.2. The zero-order chi connectivity index (χ0) is 85.4. The molecule has 109 heavy (non-hydrogen) atoms. The van der Waals surface area contributed by atoms with Crippen molar-refractivity contribution in [2.45, 2.75) is 67.9 Å². The lowest BCUT2D eigenvalue weighted by molar-refractivity contribution is -0.132. The molecule has 0 radical (unpaired) electrons. The van der Waals surface area contributed by atoms with Crippen molar-refractivity contribution >= 4 is 116 Å². The van der Waals surface area contributed by atoms with Crippen LogP contribution in [-0.4, -0.2) is 207 Å². The number of hydrogen-bond donors (Lipinski definition) is 20. The quantitative estimate of drug-likeness (QED) is 0.00489. The number of ether oxygens (including phenoxy) is 4. The lowest BCUT2D eigenvalue weighted by atomic mass is 10.1. The molecule has 45 nitrogen and oxygen atoms in total. The molecule has 0 atom stereocenters. The van der Waals surface area contributed by atoms with E-state index in [0.717, 1.165) is 31.1 Å². The van der Waals surface area contributed by atoms with E-state index >= 15 is 0 Å². The molecular weight excluding hydrogens is 1540 g/mol. The number of carbonyl (C=O) groups is 4. The first kappa shape index (κ1) is 109. The summed E-state index contributed by atoms with van der Waals surface area (Å²) in [4.78, 5) is 77.7. The largest absolute Gasteiger partial charge is 0.510 e. The van der Waals surface area contributed by atoms with Gasteiger partial charge in [0.2, 0.25) is 23.7 Å². The predicted molar refractivity (Wildman–Crippen MR) is 419 cm³/mol. The molecule has 4 aromatic rings. The second-order valence-corrected chi connectivity index (χ2v) is 26.1. The molecule has 0 aliphatic carbocycles. The Hall–Kier alpha value is -10.9. The summed E-state index contributed by atoms with van der Waals surface area (Å²) in [5.74, 6) is 1.18. The van der Waals surface area contributed by atoms with Crippen LogP contribution in [0.5, 0.6) is 17.2 Å². The molecule has 4 aromatic carbocycles. The lowest BCUT2D eigenvalue weighted by Crippen LogP contribution is -2.33. The van der Waals surface area contributed by atoms with E-state index in [1.54, 1.807) is 115 Å². The predicted octanol–water partition coefficient (Wildman–Crippen LogP) is 3.52. The number of esters is 2. The summed E-state index contributed by atoms with van der Waals surface area (Å²) in [5, 5.41) is 49.9. The van der Waals surface area contributed by atoms with Crippen molar-refractivity contribution in [1.82, 2.24) is 54.3 Å². The maximum atomic E-state index is 12.0. The molecule has 0 spiro atoms. The first-order valence-corrected chi connectivity index (χ1v) is 37.4. The normalized spacial score (nSPS) is 11.0. The number of Topliss-reactive ketones (excluding diaryl/α,β-unsaturated/α-hetero) is 1. The van der Waals surface area contributed by atoms with E-state index in [4.69, 9.17) is 73.5 Å². The minimum Gasteiger partial charge on any atom is -0.510 e. The van der Waals surface area contributed by atoms with Gasteiger partial charge in [0, 0.05) is 104 Å². The van der Waals surface area contributed by atoms with Gasteiger partial charge in [-0.15, -0.1) is 25.5 Å². The Morgan fingerprint density at radius 3 is 1.08 bits per heavy atom. The molecular formula is C59H102N22O23P2S3. The Kier molecular flexibility index (Phi) is 63.2. The van der Waals surface area contributed by atoms with Crippen molar-refractivity contribution in [3.63, 3.8) is 0 Å². The van der Waals surface area contributed by atoms with Gasteiger partial charge in [-0.2, -0.15) is 42.4 Å². The summed E-state index contributed by atoms with van der Waals surface area (Å²) in [7, 11) is -4.79. The number of guanidine groups is 1. The van der Waals surface area contributed by atoms with Gasteiger partial charge in [-0.05, 0) is 76.6 Å². The van der Waals surface area contributed by atoms with Gasteiger partial charge in [-0.1, -0.05) is 84.9 Å². The van der Waals surface area contributed by atoms with Gasteiger partial charge in [-0.25, -0.2) is 19.8 Å². The Balaban J connectivity index is -0.000000277. The third kappa shape index (κ3) is 66.3. The van der Waals surface area contributed by atoms with Crippen LogP contribution < -0.4 is 79.9 Å². The number of hydrazine groups is 1. The highest BCUT2D eigenvalue weighted by molar-refractivity contribution is 8.27. The van der Waals surface area contributed by atoms with Crippen LogP contribution in [0.3, 0.4) is 0 Å². The van der Waals surface area contributed by atoms with Gasteiger partial charge in [0.05, 0.1) is 17.8 Å². The number of aliphatic hydroxyl groups is 1. The van der Waals surface area contributed by atoms with Gasteiger partial charge < -0.3 is 108 Å². The van der Waals surface area contributed by atoms with E-state index in [2.05, 4.69) is 89.0 Å². The van der Waals surface area contributed by atoms with Gasteiger partial charge in [0.1, 0.15) is 28.6 Å². The highest BCUT2D eigenvalue weighted by Gasteiger charge is 2.39. The Labute approximate surface area is 637 Å². The van der Waals surface area contributed by atoms with E-state index in [-0.39, 0.29) is 28.8 Å². The third-order valence-corrected chi connectivity index (χ3v) is 14.7. The van der Waals surface area contributed by atoms with E-state index in [1.165, 1.54) is 47.0 Å². The van der Waals surface area contributed by atoms with E-state index in [9.17, 15) is 45.1 Å². The highest BCUT2D eigenvalue weighted by Crippen LogP contribution is 2.54. The zero-order valence-corrected chi connectivity index (χ0v) is 67.7. The summed E-state index contributed by atoms with van der Waals surface area (Å²) >= 11 is 1.28. The third-order valence-electron chi connectivity index (χ3n) is 9.19. The number of carbonyl (C=O) groups excluding carboxylic acids is 3. The molecule has 22 N–H and O–H groups in total. The standard InChI is InChI=1S/C16H14N2O4.C9H12N2O.C9H12N2.C7H16N2O.C6H10N2O2.C4H10N2OS.C2H8N4.C2H8N2O6P2.C2H6N2O6S2.C2H6N2O2/c1-17-18-14(15(19)21-12-8-4-2-5-9-12)16(20)22-13-10-6-3-7-11-13;1-8(11-10-2)12-9-6-4-3-5-7-9;1-8(11-10-2)9-6-4-3-5-7-9;1-6(9-8-5)10-7(2,3)4;1-4(9)6(5(2)10)8-7-3;1-4(6-5-2)7-8-3;1-5-6-2(3)4;2*1-3-4-2(11(5,6)7)12(8,9)10;1-3-4-2(5)6/h2-11,17H,1H3;3-7,10H,1-2H3;3-7,10H,1-2H3;8H,1-5H3;9H,1-3H3;5H,1-3H3;5H,1H3,(H4,3,4,6);3H,1H3,(H2,5,6,7)(H2,8,9,10);3H,1H3,(H,5,6,7)(H,8,9,10);3-4H,1H3,(H,5,6). The molecule has 0 saturated carbocycles. The minimum absolute atomic E-state index is 0.0162. The lowest BCUT2D eigenvalue weighted by Gasteiger charge is -2.20. The molecule has 4 rings (SSSR count). The average Bonchev–Trinajstić information content (AvgIpc) is 0.855. The maximum absolute atomic E-state index is 12.0. The molecule has 0 bridgehead atoms. The molecule has 1 amide bonds.